The first-order chi connectivity index (χ1) is 13.3. The number of hydrogen-bond donors (Lipinski definition) is 2. The number of rotatable bonds is 4. The van der Waals surface area contributed by atoms with Gasteiger partial charge in [0.15, 0.2) is 5.11 Å². The minimum Gasteiger partial charge on any atom is -0.378 e. The van der Waals surface area contributed by atoms with Crippen LogP contribution in [0.1, 0.15) is 5.56 Å². The number of halogens is 3. The largest absolute Gasteiger partial charge is 0.378 e. The number of carbonyl (C=O) groups is 1. The highest BCUT2D eigenvalue weighted by Gasteiger charge is 2.35. The lowest BCUT2D eigenvalue weighted by Gasteiger charge is -2.34. The van der Waals surface area contributed by atoms with Gasteiger partial charge in [0.05, 0.1) is 19.6 Å². The molecule has 9 heteroatoms. The molecule has 5 nitrogen and oxygen atoms in total. The number of carbonyl (C=O) groups excluding carboxylic acids is 1. The number of ether oxygens (including phenoxy) is 1. The Labute approximate surface area is 184 Å². The van der Waals surface area contributed by atoms with Crippen molar-refractivity contribution in [2.45, 2.75) is 16.4 Å². The van der Waals surface area contributed by atoms with E-state index in [1.165, 1.54) is 0 Å². The van der Waals surface area contributed by atoms with Gasteiger partial charge < -0.3 is 20.3 Å². The van der Waals surface area contributed by atoms with E-state index in [9.17, 15) is 4.79 Å². The van der Waals surface area contributed by atoms with Gasteiger partial charge in [-0.25, -0.2) is 0 Å². The highest BCUT2D eigenvalue weighted by molar-refractivity contribution is 7.80. The van der Waals surface area contributed by atoms with Crippen LogP contribution in [-0.4, -0.2) is 52.2 Å². The highest BCUT2D eigenvalue weighted by atomic mass is 35.6. The van der Waals surface area contributed by atoms with Crippen molar-refractivity contribution in [2.24, 2.45) is 0 Å². The Morgan fingerprint density at radius 2 is 1.79 bits per heavy atom. The first kappa shape index (κ1) is 21.4. The zero-order chi connectivity index (χ0) is 20.1. The summed E-state index contributed by atoms with van der Waals surface area (Å²) in [6, 6.07) is 13.7. The Kier molecular flexibility index (Phi) is 7.23. The average Bonchev–Trinajstić information content (AvgIpc) is 2.67. The van der Waals surface area contributed by atoms with Crippen LogP contribution in [0.3, 0.4) is 0 Å². The molecular weight excluding hydrogens is 441 g/mol. The van der Waals surface area contributed by atoms with Gasteiger partial charge in [0, 0.05) is 13.1 Å². The van der Waals surface area contributed by atoms with E-state index in [0.29, 0.717) is 31.4 Å². The van der Waals surface area contributed by atoms with Crippen LogP contribution in [0.5, 0.6) is 0 Å². The van der Waals surface area contributed by atoms with Crippen LogP contribution in [-0.2, 0) is 16.0 Å². The summed E-state index contributed by atoms with van der Waals surface area (Å²) in [5.74, 6) is -0.273. The van der Waals surface area contributed by atoms with Gasteiger partial charge in [0.1, 0.15) is 6.17 Å². The van der Waals surface area contributed by atoms with E-state index in [1.807, 2.05) is 47.4 Å². The van der Waals surface area contributed by atoms with Crippen molar-refractivity contribution in [2.75, 3.05) is 26.3 Å². The summed E-state index contributed by atoms with van der Waals surface area (Å²) in [5, 5.41) is 8.19. The first-order valence-electron chi connectivity index (χ1n) is 8.80. The van der Waals surface area contributed by atoms with Gasteiger partial charge in [-0.05, 0) is 28.6 Å². The molecule has 0 bridgehead atoms. The summed E-state index contributed by atoms with van der Waals surface area (Å²) in [6.45, 7) is 2.44. The second-order valence-corrected chi connectivity index (χ2v) is 9.16. The number of fused-ring (bicyclic) bond motifs is 1. The Balaban J connectivity index is 1.68. The van der Waals surface area contributed by atoms with E-state index >= 15 is 0 Å². The fraction of sp³-hybridized carbons (Fsp3) is 0.368. The van der Waals surface area contributed by atoms with Gasteiger partial charge in [0.25, 0.3) is 0 Å². The molecular formula is C19H20Cl3N3O2S. The molecule has 1 atom stereocenters. The molecule has 1 aliphatic rings. The molecule has 3 rings (SSSR count). The molecule has 2 aromatic carbocycles. The molecule has 1 aliphatic heterocycles. The number of thiocarbonyl (C=S) groups is 1. The number of morpholine rings is 1. The summed E-state index contributed by atoms with van der Waals surface area (Å²) in [4.78, 5) is 14.6. The van der Waals surface area contributed by atoms with Gasteiger partial charge in [-0.15, -0.1) is 0 Å². The fourth-order valence-electron chi connectivity index (χ4n) is 3.01. The minimum absolute atomic E-state index is 0.157. The van der Waals surface area contributed by atoms with E-state index in [4.69, 9.17) is 51.8 Å². The third-order valence-corrected chi connectivity index (χ3v) is 5.46. The molecule has 0 spiro atoms. The van der Waals surface area contributed by atoms with Crippen LogP contribution in [0.2, 0.25) is 0 Å². The van der Waals surface area contributed by atoms with Gasteiger partial charge >= 0.3 is 0 Å². The van der Waals surface area contributed by atoms with Crippen molar-refractivity contribution >= 4 is 68.8 Å². The molecule has 28 heavy (non-hydrogen) atoms. The quantitative estimate of drug-likeness (QED) is 0.416. The zero-order valence-corrected chi connectivity index (χ0v) is 18.0. The van der Waals surface area contributed by atoms with Crippen molar-refractivity contribution in [1.82, 2.24) is 15.5 Å². The number of hydrogen-bond acceptors (Lipinski definition) is 3. The Bertz CT molecular complexity index is 848. The zero-order valence-electron chi connectivity index (χ0n) is 15.0. The molecule has 1 heterocycles. The third kappa shape index (κ3) is 5.61. The van der Waals surface area contributed by atoms with E-state index < -0.39 is 9.96 Å². The number of nitrogens with one attached hydrogen (secondary N) is 2. The number of amides is 1. The SMILES string of the molecule is O=C(Cc1cccc2ccccc12)N[C@@H](NC(=S)N1CCOCC1)C(Cl)(Cl)Cl. The van der Waals surface area contributed by atoms with Crippen LogP contribution in [0, 0.1) is 0 Å². The van der Waals surface area contributed by atoms with Crippen molar-refractivity contribution in [1.29, 1.82) is 0 Å². The summed E-state index contributed by atoms with van der Waals surface area (Å²) in [6.07, 6.45) is -0.805. The first-order valence-corrected chi connectivity index (χ1v) is 10.3. The molecule has 2 N–H and O–H groups in total. The lowest BCUT2D eigenvalue weighted by molar-refractivity contribution is -0.121. The van der Waals surface area contributed by atoms with Crippen LogP contribution in [0.15, 0.2) is 42.5 Å². The maximum Gasteiger partial charge on any atom is 0.228 e. The van der Waals surface area contributed by atoms with E-state index in [2.05, 4.69) is 10.6 Å². The summed E-state index contributed by atoms with van der Waals surface area (Å²) >= 11 is 23.6. The third-order valence-electron chi connectivity index (χ3n) is 4.43. The van der Waals surface area contributed by atoms with E-state index in [1.54, 1.807) is 0 Å². The van der Waals surface area contributed by atoms with Crippen molar-refractivity contribution in [3.63, 3.8) is 0 Å². The van der Waals surface area contributed by atoms with Gasteiger partial charge in [-0.2, -0.15) is 0 Å². The van der Waals surface area contributed by atoms with Crippen molar-refractivity contribution in [3.05, 3.63) is 48.0 Å². The molecule has 1 fully saturated rings. The average molecular weight is 461 g/mol. The molecule has 0 unspecified atom stereocenters. The lowest BCUT2D eigenvalue weighted by atomic mass is 10.0. The summed E-state index contributed by atoms with van der Waals surface area (Å²) in [7, 11) is 0. The molecule has 1 saturated heterocycles. The standard InChI is InChI=1S/C19H20Cl3N3O2S/c20-19(21,22)17(24-18(28)25-8-10-27-11-9-25)23-16(26)12-14-6-3-5-13-4-1-2-7-15(13)14/h1-7,17H,8-12H2,(H,23,26)(H,24,28)/t17-/m0/s1. The molecule has 0 radical (unpaired) electrons. The summed E-state index contributed by atoms with van der Waals surface area (Å²) < 4.78 is 3.54. The molecule has 0 saturated carbocycles. The molecule has 0 aromatic heterocycles. The van der Waals surface area contributed by atoms with Crippen LogP contribution < -0.4 is 10.6 Å². The smallest absolute Gasteiger partial charge is 0.228 e. The predicted molar refractivity (Wildman–Crippen MR) is 118 cm³/mol. The van der Waals surface area contributed by atoms with Crippen molar-refractivity contribution < 1.29 is 9.53 Å². The van der Waals surface area contributed by atoms with Crippen molar-refractivity contribution in [3.8, 4) is 0 Å². The molecule has 150 valence electrons. The highest BCUT2D eigenvalue weighted by Crippen LogP contribution is 2.29. The number of alkyl halides is 3. The predicted octanol–water partition coefficient (Wildman–Crippen LogP) is 3.40. The van der Waals surface area contributed by atoms with E-state index in [-0.39, 0.29) is 12.3 Å². The number of nitrogens with zero attached hydrogens (tertiary/aromatic N) is 1. The van der Waals surface area contributed by atoms with Crippen LogP contribution >= 0.6 is 47.0 Å². The monoisotopic (exact) mass is 459 g/mol. The normalized spacial score (nSPS) is 15.9. The van der Waals surface area contributed by atoms with Gasteiger partial charge in [-0.1, -0.05) is 77.3 Å². The molecule has 1 amide bonds. The Hall–Kier alpha value is -1.31. The fourth-order valence-corrected chi connectivity index (χ4v) is 3.64. The topological polar surface area (TPSA) is 53.6 Å². The Morgan fingerprint density at radius 1 is 1.11 bits per heavy atom. The molecule has 2 aromatic rings. The lowest BCUT2D eigenvalue weighted by Crippen LogP contribution is -2.59. The Morgan fingerprint density at radius 3 is 2.50 bits per heavy atom. The minimum atomic E-state index is -1.77. The maximum atomic E-state index is 12.7. The van der Waals surface area contributed by atoms with Crippen LogP contribution in [0.25, 0.3) is 10.8 Å². The molecule has 0 aliphatic carbocycles. The summed E-state index contributed by atoms with van der Waals surface area (Å²) in [5.41, 5.74) is 0.898. The van der Waals surface area contributed by atoms with Gasteiger partial charge in [0.2, 0.25) is 9.70 Å². The second kappa shape index (κ2) is 9.46. The number of benzene rings is 2. The van der Waals surface area contributed by atoms with Crippen LogP contribution in [0.4, 0.5) is 0 Å². The van der Waals surface area contributed by atoms with E-state index in [0.717, 1.165) is 16.3 Å². The maximum absolute atomic E-state index is 12.7. The van der Waals surface area contributed by atoms with Gasteiger partial charge in [-0.3, -0.25) is 4.79 Å². The second-order valence-electron chi connectivity index (χ2n) is 6.41.